The van der Waals surface area contributed by atoms with Crippen LogP contribution in [0.15, 0.2) is 0 Å². The number of nitrogens with one attached hydrogen (secondary N) is 2. The first-order chi connectivity index (χ1) is 8.66. The van der Waals surface area contributed by atoms with E-state index in [-0.39, 0.29) is 18.2 Å². The molecule has 0 spiro atoms. The van der Waals surface area contributed by atoms with Gasteiger partial charge in [-0.05, 0) is 12.3 Å². The summed E-state index contributed by atoms with van der Waals surface area (Å²) in [4.78, 5) is 23.2. The number of carbonyl (C=O) groups excluding carboxylic acids is 2. The van der Waals surface area contributed by atoms with E-state index in [2.05, 4.69) is 16.7 Å². The summed E-state index contributed by atoms with van der Waals surface area (Å²) in [5.41, 5.74) is -0.455. The quantitative estimate of drug-likeness (QED) is 0.766. The van der Waals surface area contributed by atoms with E-state index in [0.717, 1.165) is 0 Å². The molecular weight excluding hydrogens is 242 g/mol. The van der Waals surface area contributed by atoms with Crippen molar-refractivity contribution in [1.29, 1.82) is 5.26 Å². The van der Waals surface area contributed by atoms with Gasteiger partial charge in [-0.25, -0.2) is 0 Å². The lowest BCUT2D eigenvalue weighted by atomic mass is 9.96. The fourth-order valence-corrected chi connectivity index (χ4v) is 1.44. The Morgan fingerprint density at radius 2 is 1.84 bits per heavy atom. The molecular formula is C14H25N3O2. The van der Waals surface area contributed by atoms with Crippen molar-refractivity contribution in [3.63, 3.8) is 0 Å². The van der Waals surface area contributed by atoms with E-state index in [0.29, 0.717) is 18.9 Å². The first kappa shape index (κ1) is 17.4. The molecule has 0 heterocycles. The Balaban J connectivity index is 4.00. The van der Waals surface area contributed by atoms with Crippen LogP contribution < -0.4 is 10.6 Å². The first-order valence-corrected chi connectivity index (χ1v) is 6.64. The normalized spacial score (nSPS) is 12.7. The van der Waals surface area contributed by atoms with E-state index in [1.54, 1.807) is 0 Å². The van der Waals surface area contributed by atoms with Crippen LogP contribution in [0, 0.1) is 22.7 Å². The molecule has 0 aliphatic rings. The van der Waals surface area contributed by atoms with Gasteiger partial charge in [-0.2, -0.15) is 5.26 Å². The monoisotopic (exact) mass is 267 g/mol. The summed E-state index contributed by atoms with van der Waals surface area (Å²) >= 11 is 0. The Morgan fingerprint density at radius 1 is 1.26 bits per heavy atom. The first-order valence-electron chi connectivity index (χ1n) is 6.64. The molecule has 0 saturated carbocycles. The number of carbonyl (C=O) groups is 2. The maximum absolute atomic E-state index is 11.6. The summed E-state index contributed by atoms with van der Waals surface area (Å²) < 4.78 is 0. The van der Waals surface area contributed by atoms with Gasteiger partial charge < -0.3 is 10.6 Å². The Kier molecular flexibility index (Phi) is 7.13. The van der Waals surface area contributed by atoms with Crippen LogP contribution in [0.4, 0.5) is 0 Å². The van der Waals surface area contributed by atoms with Crippen molar-refractivity contribution in [2.75, 3.05) is 6.54 Å². The molecule has 0 aromatic carbocycles. The lowest BCUT2D eigenvalue weighted by Crippen LogP contribution is -2.39. The molecule has 0 rings (SSSR count). The van der Waals surface area contributed by atoms with Gasteiger partial charge >= 0.3 is 0 Å². The zero-order valence-corrected chi connectivity index (χ0v) is 12.5. The second-order valence-electron chi connectivity index (χ2n) is 6.13. The van der Waals surface area contributed by atoms with Crippen molar-refractivity contribution >= 4 is 11.8 Å². The van der Waals surface area contributed by atoms with Gasteiger partial charge in [0.05, 0.1) is 6.07 Å². The molecule has 0 aliphatic carbocycles. The van der Waals surface area contributed by atoms with Gasteiger partial charge in [0.25, 0.3) is 0 Å². The van der Waals surface area contributed by atoms with Crippen LogP contribution in [0.5, 0.6) is 0 Å². The molecule has 1 unspecified atom stereocenters. The zero-order valence-electron chi connectivity index (χ0n) is 12.5. The van der Waals surface area contributed by atoms with E-state index in [9.17, 15) is 9.59 Å². The maximum Gasteiger partial charge on any atom is 0.225 e. The number of nitrogens with zero attached hydrogens (tertiary/aromatic N) is 1. The predicted octanol–water partition coefficient (Wildman–Crippen LogP) is 1.59. The summed E-state index contributed by atoms with van der Waals surface area (Å²) in [5, 5.41) is 14.3. The fourth-order valence-electron chi connectivity index (χ4n) is 1.44. The van der Waals surface area contributed by atoms with Crippen LogP contribution in [0.1, 0.15) is 47.5 Å². The molecule has 2 amide bonds. The van der Waals surface area contributed by atoms with E-state index in [1.165, 1.54) is 0 Å². The van der Waals surface area contributed by atoms with Crippen LogP contribution in [0.25, 0.3) is 0 Å². The van der Waals surface area contributed by atoms with Gasteiger partial charge in [0.2, 0.25) is 11.8 Å². The number of hydrogen-bond acceptors (Lipinski definition) is 3. The molecule has 1 atom stereocenters. The SMILES string of the molecule is CC(C)CC(C#N)NC(=O)CCNC(=O)C(C)(C)C. The average Bonchev–Trinajstić information content (AvgIpc) is 2.25. The van der Waals surface area contributed by atoms with Crippen molar-refractivity contribution in [3.8, 4) is 6.07 Å². The lowest BCUT2D eigenvalue weighted by Gasteiger charge is -2.18. The summed E-state index contributed by atoms with van der Waals surface area (Å²) in [7, 11) is 0. The standard InChI is InChI=1S/C14H25N3O2/c1-10(2)8-11(9-15)17-12(18)6-7-16-13(19)14(3,4)5/h10-11H,6-8H2,1-5H3,(H,16,19)(H,17,18). The van der Waals surface area contributed by atoms with Crippen LogP contribution in [-0.4, -0.2) is 24.4 Å². The van der Waals surface area contributed by atoms with Crippen molar-refractivity contribution in [1.82, 2.24) is 10.6 Å². The molecule has 2 N–H and O–H groups in total. The van der Waals surface area contributed by atoms with Crippen LogP contribution in [0.2, 0.25) is 0 Å². The average molecular weight is 267 g/mol. The molecule has 0 radical (unpaired) electrons. The van der Waals surface area contributed by atoms with Crippen LogP contribution in [-0.2, 0) is 9.59 Å². The molecule has 5 heteroatoms. The summed E-state index contributed by atoms with van der Waals surface area (Å²) in [5.74, 6) is 0.0614. The van der Waals surface area contributed by atoms with E-state index >= 15 is 0 Å². The molecule has 0 fully saturated rings. The molecule has 0 aliphatic heterocycles. The highest BCUT2D eigenvalue weighted by Crippen LogP contribution is 2.12. The minimum Gasteiger partial charge on any atom is -0.355 e. The van der Waals surface area contributed by atoms with Crippen LogP contribution >= 0.6 is 0 Å². The third-order valence-corrected chi connectivity index (χ3v) is 2.52. The second-order valence-corrected chi connectivity index (χ2v) is 6.13. The maximum atomic E-state index is 11.6. The Labute approximate surface area is 115 Å². The predicted molar refractivity (Wildman–Crippen MR) is 74.1 cm³/mol. The topological polar surface area (TPSA) is 82.0 Å². The zero-order chi connectivity index (χ0) is 15.1. The Bertz CT molecular complexity index is 351. The van der Waals surface area contributed by atoms with Gasteiger partial charge in [-0.15, -0.1) is 0 Å². The van der Waals surface area contributed by atoms with E-state index in [1.807, 2.05) is 34.6 Å². The Hall–Kier alpha value is -1.57. The van der Waals surface area contributed by atoms with Crippen molar-refractivity contribution in [2.45, 2.75) is 53.5 Å². The summed E-state index contributed by atoms with van der Waals surface area (Å²) in [6.45, 7) is 9.74. The van der Waals surface area contributed by atoms with E-state index < -0.39 is 11.5 Å². The number of hydrogen-bond donors (Lipinski definition) is 2. The molecule has 19 heavy (non-hydrogen) atoms. The second kappa shape index (κ2) is 7.78. The van der Waals surface area contributed by atoms with Gasteiger partial charge in [-0.3, -0.25) is 9.59 Å². The minimum atomic E-state index is -0.455. The molecule has 0 aromatic heterocycles. The van der Waals surface area contributed by atoms with Gasteiger partial charge in [-0.1, -0.05) is 34.6 Å². The number of amides is 2. The lowest BCUT2D eigenvalue weighted by molar-refractivity contribution is -0.128. The highest BCUT2D eigenvalue weighted by molar-refractivity contribution is 5.82. The highest BCUT2D eigenvalue weighted by Gasteiger charge is 2.20. The fraction of sp³-hybridized carbons (Fsp3) is 0.786. The largest absolute Gasteiger partial charge is 0.355 e. The van der Waals surface area contributed by atoms with Gasteiger partial charge in [0.1, 0.15) is 6.04 Å². The molecule has 0 bridgehead atoms. The summed E-state index contributed by atoms with van der Waals surface area (Å²) in [6, 6.07) is 1.62. The third kappa shape index (κ3) is 8.20. The summed E-state index contributed by atoms with van der Waals surface area (Å²) in [6.07, 6.45) is 0.828. The van der Waals surface area contributed by atoms with Gasteiger partial charge in [0, 0.05) is 18.4 Å². The van der Waals surface area contributed by atoms with Crippen molar-refractivity contribution < 1.29 is 9.59 Å². The van der Waals surface area contributed by atoms with Crippen molar-refractivity contribution in [3.05, 3.63) is 0 Å². The molecule has 0 aromatic rings. The number of rotatable bonds is 6. The third-order valence-electron chi connectivity index (χ3n) is 2.52. The minimum absolute atomic E-state index is 0.0840. The highest BCUT2D eigenvalue weighted by atomic mass is 16.2. The van der Waals surface area contributed by atoms with Crippen LogP contribution in [0.3, 0.4) is 0 Å². The molecule has 108 valence electrons. The number of nitriles is 1. The van der Waals surface area contributed by atoms with Gasteiger partial charge in [0.15, 0.2) is 0 Å². The molecule has 0 saturated heterocycles. The van der Waals surface area contributed by atoms with Crippen molar-refractivity contribution in [2.24, 2.45) is 11.3 Å². The smallest absolute Gasteiger partial charge is 0.225 e. The Morgan fingerprint density at radius 3 is 2.26 bits per heavy atom. The molecule has 5 nitrogen and oxygen atoms in total. The van der Waals surface area contributed by atoms with E-state index in [4.69, 9.17) is 5.26 Å².